The third-order valence-electron chi connectivity index (χ3n) is 5.21. The Hall–Kier alpha value is -0.340. The lowest BCUT2D eigenvalue weighted by Gasteiger charge is -2.22. The largest absolute Gasteiger partial charge is 0.300 e. The zero-order chi connectivity index (χ0) is 19.3. The Morgan fingerprint density at radius 3 is 0.923 bits per heavy atom. The second-order valence-electron chi connectivity index (χ2n) is 7.90. The monoisotopic (exact) mass is 366 g/mol. The van der Waals surface area contributed by atoms with Gasteiger partial charge in [0.05, 0.1) is 0 Å². The first-order chi connectivity index (χ1) is 12.8. The molecule has 0 radical (unpaired) electrons. The maximum Gasteiger partial charge on any atom is 0.0163 e. The maximum absolute atomic E-state index is 2.67. The van der Waals surface area contributed by atoms with E-state index in [0.29, 0.717) is 0 Å². The first-order valence-electron chi connectivity index (χ1n) is 11.9. The average Bonchev–Trinajstić information content (AvgIpc) is 2.64. The van der Waals surface area contributed by atoms with Crippen LogP contribution in [-0.4, -0.2) is 49.1 Å². The van der Waals surface area contributed by atoms with Crippen LogP contribution in [0.1, 0.15) is 105 Å². The van der Waals surface area contributed by atoms with Crippen LogP contribution < -0.4 is 0 Å². The van der Waals surface area contributed by atoms with Gasteiger partial charge in [0.1, 0.15) is 0 Å². The minimum absolute atomic E-state index is 1.14. The summed E-state index contributed by atoms with van der Waals surface area (Å²) in [6.07, 6.45) is 21.1. The van der Waals surface area contributed by atoms with E-state index in [-0.39, 0.29) is 0 Å². The zero-order valence-electron chi connectivity index (χ0n) is 18.8. The highest BCUT2D eigenvalue weighted by atomic mass is 15.1. The van der Waals surface area contributed by atoms with E-state index in [4.69, 9.17) is 0 Å². The van der Waals surface area contributed by atoms with Crippen LogP contribution in [0.5, 0.6) is 0 Å². The second-order valence-corrected chi connectivity index (χ2v) is 7.90. The van der Waals surface area contributed by atoms with Gasteiger partial charge in [-0.25, -0.2) is 0 Å². The van der Waals surface area contributed by atoms with Crippen molar-refractivity contribution in [3.8, 4) is 0 Å². The van der Waals surface area contributed by atoms with Gasteiger partial charge in [0.25, 0.3) is 0 Å². The molecule has 0 saturated heterocycles. The number of hydrogen-bond donors (Lipinski definition) is 0. The van der Waals surface area contributed by atoms with Crippen LogP contribution in [0.15, 0.2) is 12.2 Å². The van der Waals surface area contributed by atoms with E-state index in [2.05, 4.69) is 49.6 Å². The topological polar surface area (TPSA) is 6.48 Å². The number of nitrogens with zero attached hydrogens (tertiary/aromatic N) is 2. The minimum atomic E-state index is 1.14. The van der Waals surface area contributed by atoms with Crippen LogP contribution in [-0.2, 0) is 0 Å². The molecule has 0 saturated carbocycles. The highest BCUT2D eigenvalue weighted by Crippen LogP contribution is 2.05. The van der Waals surface area contributed by atoms with E-state index in [0.717, 1.165) is 13.1 Å². The van der Waals surface area contributed by atoms with Gasteiger partial charge in [0.2, 0.25) is 0 Å². The van der Waals surface area contributed by atoms with Crippen LogP contribution in [0.2, 0.25) is 0 Å². The lowest BCUT2D eigenvalue weighted by Crippen LogP contribution is -2.28. The third-order valence-corrected chi connectivity index (χ3v) is 5.21. The van der Waals surface area contributed by atoms with Crippen molar-refractivity contribution in [2.45, 2.75) is 105 Å². The Labute approximate surface area is 166 Å². The molecule has 0 aromatic carbocycles. The molecule has 2 nitrogen and oxygen atoms in total. The van der Waals surface area contributed by atoms with Crippen molar-refractivity contribution in [3.05, 3.63) is 12.2 Å². The van der Waals surface area contributed by atoms with E-state index in [1.165, 1.54) is 103 Å². The fourth-order valence-electron chi connectivity index (χ4n) is 3.38. The summed E-state index contributed by atoms with van der Waals surface area (Å²) < 4.78 is 0. The van der Waals surface area contributed by atoms with Gasteiger partial charge in [-0.1, -0.05) is 91.2 Å². The molecule has 0 fully saturated rings. The van der Waals surface area contributed by atoms with Crippen LogP contribution in [0.25, 0.3) is 0 Å². The van der Waals surface area contributed by atoms with Gasteiger partial charge in [-0.05, 0) is 51.9 Å². The Balaban J connectivity index is 4.23. The Kier molecular flexibility index (Phi) is 20.7. The van der Waals surface area contributed by atoms with Crippen LogP contribution in [0.4, 0.5) is 0 Å². The molecule has 0 atom stereocenters. The quantitative estimate of drug-likeness (QED) is 0.171. The third kappa shape index (κ3) is 17.1. The summed E-state index contributed by atoms with van der Waals surface area (Å²) in [5.41, 5.74) is 0. The molecule has 0 aromatic heterocycles. The molecular weight excluding hydrogens is 316 g/mol. The predicted octanol–water partition coefficient (Wildman–Crippen LogP) is 6.91. The Morgan fingerprint density at radius 1 is 0.423 bits per heavy atom. The molecule has 0 rings (SSSR count). The average molecular weight is 367 g/mol. The first-order valence-corrected chi connectivity index (χ1v) is 11.9. The normalized spacial score (nSPS) is 12.1. The summed E-state index contributed by atoms with van der Waals surface area (Å²) in [5.74, 6) is 0. The Morgan fingerprint density at radius 2 is 0.692 bits per heavy atom. The molecule has 0 unspecified atom stereocenters. The fraction of sp³-hybridized carbons (Fsp3) is 0.917. The molecule has 156 valence electrons. The summed E-state index contributed by atoms with van der Waals surface area (Å²) in [6.45, 7) is 16.6. The molecular formula is C24H50N2. The molecule has 0 N–H and O–H groups in total. The standard InChI is InChI=1S/C24H50N2/c1-5-9-13-19-25(20-14-10-6-2)23-17-18-24-26(21-15-11-7-3)22-16-12-8-4/h17-18H,5-16,19-24H2,1-4H3. The second kappa shape index (κ2) is 21.0. The molecule has 0 aliphatic rings. The van der Waals surface area contributed by atoms with Crippen LogP contribution in [0.3, 0.4) is 0 Å². The molecule has 0 aliphatic heterocycles. The van der Waals surface area contributed by atoms with E-state index in [1.807, 2.05) is 0 Å². The van der Waals surface area contributed by atoms with Crippen LogP contribution >= 0.6 is 0 Å². The summed E-state index contributed by atoms with van der Waals surface area (Å²) >= 11 is 0. The number of unbranched alkanes of at least 4 members (excludes halogenated alkanes) is 8. The predicted molar refractivity (Wildman–Crippen MR) is 120 cm³/mol. The van der Waals surface area contributed by atoms with Crippen molar-refractivity contribution in [1.29, 1.82) is 0 Å². The van der Waals surface area contributed by atoms with Crippen molar-refractivity contribution in [3.63, 3.8) is 0 Å². The summed E-state index contributed by atoms with van der Waals surface area (Å²) in [5, 5.41) is 0. The molecule has 26 heavy (non-hydrogen) atoms. The van der Waals surface area contributed by atoms with E-state index in [9.17, 15) is 0 Å². The fourth-order valence-corrected chi connectivity index (χ4v) is 3.38. The van der Waals surface area contributed by atoms with Crippen LogP contribution in [0, 0.1) is 0 Å². The summed E-state index contributed by atoms with van der Waals surface area (Å²) in [6, 6.07) is 0. The highest BCUT2D eigenvalue weighted by Gasteiger charge is 2.04. The van der Waals surface area contributed by atoms with Crippen molar-refractivity contribution >= 4 is 0 Å². The SMILES string of the molecule is CCCCCN(CC=CCN(CCCCC)CCCCC)CCCCC. The van der Waals surface area contributed by atoms with Crippen molar-refractivity contribution in [2.75, 3.05) is 39.3 Å². The molecule has 0 aromatic rings. The van der Waals surface area contributed by atoms with Gasteiger partial charge in [0, 0.05) is 13.1 Å². The van der Waals surface area contributed by atoms with Gasteiger partial charge in [-0.2, -0.15) is 0 Å². The lowest BCUT2D eigenvalue weighted by molar-refractivity contribution is 0.281. The van der Waals surface area contributed by atoms with Gasteiger partial charge in [-0.15, -0.1) is 0 Å². The summed E-state index contributed by atoms with van der Waals surface area (Å²) in [7, 11) is 0. The van der Waals surface area contributed by atoms with Crippen molar-refractivity contribution < 1.29 is 0 Å². The van der Waals surface area contributed by atoms with E-state index < -0.39 is 0 Å². The smallest absolute Gasteiger partial charge is 0.0163 e. The maximum atomic E-state index is 2.67. The molecule has 0 aliphatic carbocycles. The Bertz CT molecular complexity index is 240. The van der Waals surface area contributed by atoms with Gasteiger partial charge in [-0.3, -0.25) is 9.80 Å². The zero-order valence-corrected chi connectivity index (χ0v) is 18.8. The lowest BCUT2D eigenvalue weighted by atomic mass is 10.2. The molecule has 0 bridgehead atoms. The van der Waals surface area contributed by atoms with Crippen molar-refractivity contribution in [1.82, 2.24) is 9.80 Å². The highest BCUT2D eigenvalue weighted by molar-refractivity contribution is 4.88. The van der Waals surface area contributed by atoms with Gasteiger partial charge in [0.15, 0.2) is 0 Å². The number of hydrogen-bond acceptors (Lipinski definition) is 2. The molecule has 0 spiro atoms. The minimum Gasteiger partial charge on any atom is -0.300 e. The van der Waals surface area contributed by atoms with Gasteiger partial charge < -0.3 is 0 Å². The molecule has 0 amide bonds. The summed E-state index contributed by atoms with van der Waals surface area (Å²) in [4.78, 5) is 5.33. The van der Waals surface area contributed by atoms with Gasteiger partial charge >= 0.3 is 0 Å². The van der Waals surface area contributed by atoms with Crippen molar-refractivity contribution in [2.24, 2.45) is 0 Å². The van der Waals surface area contributed by atoms with E-state index >= 15 is 0 Å². The molecule has 0 heterocycles. The number of rotatable bonds is 20. The van der Waals surface area contributed by atoms with E-state index in [1.54, 1.807) is 0 Å². The first kappa shape index (κ1) is 25.7. The molecule has 2 heteroatoms.